The molecule has 2 aliphatic rings. The van der Waals surface area contributed by atoms with E-state index >= 15 is 0 Å². The van der Waals surface area contributed by atoms with Crippen LogP contribution in [0.1, 0.15) is 19.3 Å². The summed E-state index contributed by atoms with van der Waals surface area (Å²) in [6.45, 7) is 3.06. The normalized spacial score (nSPS) is 25.3. The van der Waals surface area contributed by atoms with Crippen LogP contribution < -0.4 is 0 Å². The van der Waals surface area contributed by atoms with E-state index in [0.717, 1.165) is 19.5 Å². The monoisotopic (exact) mass is 296 g/mol. The predicted octanol–water partition coefficient (Wildman–Crippen LogP) is 1.25. The van der Waals surface area contributed by atoms with Gasteiger partial charge in [0.05, 0.1) is 4.90 Å². The topological polar surface area (TPSA) is 60.9 Å². The molecule has 2 saturated heterocycles. The summed E-state index contributed by atoms with van der Waals surface area (Å²) >= 11 is 0. The lowest BCUT2D eigenvalue weighted by Gasteiger charge is -2.43. The second kappa shape index (κ2) is 5.35. The lowest BCUT2D eigenvalue weighted by molar-refractivity contribution is 0.0852. The van der Waals surface area contributed by atoms with Crippen molar-refractivity contribution in [2.75, 3.05) is 26.2 Å². The van der Waals surface area contributed by atoms with E-state index in [1.54, 1.807) is 4.31 Å². The highest BCUT2D eigenvalue weighted by atomic mass is 32.2. The second-order valence-electron chi connectivity index (χ2n) is 5.54. The summed E-state index contributed by atoms with van der Waals surface area (Å²) in [5, 5.41) is 9.27. The highest BCUT2D eigenvalue weighted by molar-refractivity contribution is 7.89. The van der Waals surface area contributed by atoms with Crippen LogP contribution in [0.5, 0.6) is 5.75 Å². The van der Waals surface area contributed by atoms with E-state index in [1.807, 2.05) is 0 Å². The van der Waals surface area contributed by atoms with Gasteiger partial charge in [-0.05, 0) is 43.7 Å². The number of aromatic hydroxyl groups is 1. The molecule has 0 aromatic heterocycles. The highest BCUT2D eigenvalue weighted by Crippen LogP contribution is 2.25. The number of phenolic OH excluding ortho intramolecular Hbond substituents is 1. The number of phenols is 1. The molecule has 6 heteroatoms. The fraction of sp³-hybridized carbons (Fsp3) is 0.571. The Labute approximate surface area is 119 Å². The minimum absolute atomic E-state index is 0.0843. The van der Waals surface area contributed by atoms with Crippen LogP contribution in [0, 0.1) is 0 Å². The first kappa shape index (κ1) is 13.9. The van der Waals surface area contributed by atoms with Crippen LogP contribution in [-0.4, -0.2) is 55.0 Å². The molecule has 1 aromatic rings. The van der Waals surface area contributed by atoms with E-state index < -0.39 is 10.0 Å². The number of rotatable bonds is 2. The summed E-state index contributed by atoms with van der Waals surface area (Å²) in [6.07, 6.45) is 3.50. The maximum atomic E-state index is 12.6. The number of nitrogens with zero attached hydrogens (tertiary/aromatic N) is 2. The third-order valence-electron chi connectivity index (χ3n) is 4.27. The van der Waals surface area contributed by atoms with Crippen molar-refractivity contribution in [2.45, 2.75) is 30.2 Å². The SMILES string of the molecule is O=S(=O)(c1ccc(O)cc1)N1CCN2CCCCC2C1. The number of hydrogen-bond acceptors (Lipinski definition) is 4. The van der Waals surface area contributed by atoms with Gasteiger partial charge in [0.15, 0.2) is 0 Å². The van der Waals surface area contributed by atoms with Crippen molar-refractivity contribution in [1.29, 1.82) is 0 Å². The lowest BCUT2D eigenvalue weighted by atomic mass is 10.0. The molecule has 0 bridgehead atoms. The van der Waals surface area contributed by atoms with Gasteiger partial charge < -0.3 is 5.11 Å². The van der Waals surface area contributed by atoms with E-state index in [9.17, 15) is 13.5 Å². The van der Waals surface area contributed by atoms with Crippen LogP contribution in [0.25, 0.3) is 0 Å². The Morgan fingerprint density at radius 1 is 1.05 bits per heavy atom. The van der Waals surface area contributed by atoms with Crippen molar-refractivity contribution in [3.05, 3.63) is 24.3 Å². The molecule has 2 fully saturated rings. The van der Waals surface area contributed by atoms with Crippen LogP contribution in [-0.2, 0) is 10.0 Å². The van der Waals surface area contributed by atoms with Gasteiger partial charge in [0.1, 0.15) is 5.75 Å². The highest BCUT2D eigenvalue weighted by Gasteiger charge is 2.34. The molecular formula is C14H20N2O3S. The van der Waals surface area contributed by atoms with Gasteiger partial charge in [-0.3, -0.25) is 4.90 Å². The fourth-order valence-electron chi connectivity index (χ4n) is 3.11. The van der Waals surface area contributed by atoms with Crippen molar-refractivity contribution < 1.29 is 13.5 Å². The Morgan fingerprint density at radius 3 is 2.55 bits per heavy atom. The Kier molecular flexibility index (Phi) is 3.70. The van der Waals surface area contributed by atoms with Crippen LogP contribution in [0.2, 0.25) is 0 Å². The van der Waals surface area contributed by atoms with Crippen LogP contribution in [0.3, 0.4) is 0 Å². The molecule has 0 radical (unpaired) electrons. The molecule has 1 N–H and O–H groups in total. The van der Waals surface area contributed by atoms with E-state index in [4.69, 9.17) is 0 Å². The minimum Gasteiger partial charge on any atom is -0.508 e. The molecule has 5 nitrogen and oxygen atoms in total. The molecule has 0 spiro atoms. The van der Waals surface area contributed by atoms with Crippen molar-refractivity contribution in [3.8, 4) is 5.75 Å². The van der Waals surface area contributed by atoms with Crippen molar-refractivity contribution in [2.24, 2.45) is 0 Å². The molecule has 0 aliphatic carbocycles. The molecule has 2 heterocycles. The van der Waals surface area contributed by atoms with Crippen molar-refractivity contribution in [1.82, 2.24) is 9.21 Å². The lowest BCUT2D eigenvalue weighted by Crippen LogP contribution is -2.56. The molecule has 1 atom stereocenters. The standard InChI is InChI=1S/C14H20N2O3S/c17-13-4-6-14(7-5-13)20(18,19)16-10-9-15-8-2-1-3-12(15)11-16/h4-7,12,17H,1-3,8-11H2. The summed E-state index contributed by atoms with van der Waals surface area (Å²) in [6, 6.07) is 6.15. The molecule has 20 heavy (non-hydrogen) atoms. The van der Waals surface area contributed by atoms with Gasteiger partial charge in [-0.15, -0.1) is 0 Å². The quantitative estimate of drug-likeness (QED) is 0.892. The molecule has 110 valence electrons. The molecule has 1 unspecified atom stereocenters. The molecule has 3 rings (SSSR count). The van der Waals surface area contributed by atoms with Gasteiger partial charge in [-0.2, -0.15) is 4.31 Å². The zero-order valence-corrected chi connectivity index (χ0v) is 12.2. The molecule has 0 saturated carbocycles. The Bertz CT molecular complexity index is 571. The van der Waals surface area contributed by atoms with E-state index in [-0.39, 0.29) is 10.6 Å². The number of sulfonamides is 1. The first-order valence-corrected chi connectivity index (χ1v) is 8.54. The predicted molar refractivity (Wildman–Crippen MR) is 76.1 cm³/mol. The van der Waals surface area contributed by atoms with Gasteiger partial charge in [-0.25, -0.2) is 8.42 Å². The smallest absolute Gasteiger partial charge is 0.243 e. The third kappa shape index (κ3) is 2.55. The molecular weight excluding hydrogens is 276 g/mol. The Morgan fingerprint density at radius 2 is 1.80 bits per heavy atom. The zero-order chi connectivity index (χ0) is 14.2. The maximum absolute atomic E-state index is 12.6. The van der Waals surface area contributed by atoms with Gasteiger partial charge in [0.2, 0.25) is 10.0 Å². The largest absolute Gasteiger partial charge is 0.508 e. The van der Waals surface area contributed by atoms with Gasteiger partial charge in [-0.1, -0.05) is 6.42 Å². The van der Waals surface area contributed by atoms with Gasteiger partial charge in [0.25, 0.3) is 0 Å². The third-order valence-corrected chi connectivity index (χ3v) is 6.15. The minimum atomic E-state index is -3.43. The first-order valence-electron chi connectivity index (χ1n) is 7.10. The van der Waals surface area contributed by atoms with Crippen molar-refractivity contribution in [3.63, 3.8) is 0 Å². The number of fused-ring (bicyclic) bond motifs is 1. The van der Waals surface area contributed by atoms with E-state index in [1.165, 1.54) is 37.1 Å². The maximum Gasteiger partial charge on any atom is 0.243 e. The average Bonchev–Trinajstić information content (AvgIpc) is 2.47. The summed E-state index contributed by atoms with van der Waals surface area (Å²) in [5.41, 5.74) is 0. The van der Waals surface area contributed by atoms with Crippen LogP contribution >= 0.6 is 0 Å². The summed E-state index contributed by atoms with van der Waals surface area (Å²) in [7, 11) is -3.43. The molecule has 2 aliphatic heterocycles. The first-order chi connectivity index (χ1) is 9.57. The number of benzene rings is 1. The second-order valence-corrected chi connectivity index (χ2v) is 7.48. The molecule has 0 amide bonds. The van der Waals surface area contributed by atoms with E-state index in [2.05, 4.69) is 4.90 Å². The summed E-state index contributed by atoms with van der Waals surface area (Å²) in [4.78, 5) is 2.67. The summed E-state index contributed by atoms with van der Waals surface area (Å²) < 4.78 is 26.8. The average molecular weight is 296 g/mol. The van der Waals surface area contributed by atoms with Gasteiger partial charge >= 0.3 is 0 Å². The number of piperazine rings is 1. The number of piperidine rings is 1. The van der Waals surface area contributed by atoms with E-state index in [0.29, 0.717) is 19.1 Å². The van der Waals surface area contributed by atoms with Crippen LogP contribution in [0.15, 0.2) is 29.2 Å². The Balaban J connectivity index is 1.79. The summed E-state index contributed by atoms with van der Waals surface area (Å²) in [5.74, 6) is 0.0843. The number of hydrogen-bond donors (Lipinski definition) is 1. The Hall–Kier alpha value is -1.11. The molecule has 1 aromatic carbocycles. The van der Waals surface area contributed by atoms with Crippen LogP contribution in [0.4, 0.5) is 0 Å². The van der Waals surface area contributed by atoms with Gasteiger partial charge in [0, 0.05) is 25.7 Å². The van der Waals surface area contributed by atoms with Crippen molar-refractivity contribution >= 4 is 10.0 Å². The zero-order valence-electron chi connectivity index (χ0n) is 11.4. The fourth-order valence-corrected chi connectivity index (χ4v) is 4.58.